The topological polar surface area (TPSA) is 35.5 Å². The lowest BCUT2D eigenvalue weighted by Crippen LogP contribution is -2.11. The lowest BCUT2D eigenvalue weighted by molar-refractivity contribution is 0.0921. The van der Waals surface area contributed by atoms with Crippen LogP contribution in [0.3, 0.4) is 0 Å². The van der Waals surface area contributed by atoms with Crippen LogP contribution < -0.4 is 9.47 Å². The van der Waals surface area contributed by atoms with Gasteiger partial charge in [0.2, 0.25) is 0 Å². The van der Waals surface area contributed by atoms with Crippen LogP contribution in [0.2, 0.25) is 5.02 Å². The number of hydrogen-bond acceptors (Lipinski definition) is 3. The van der Waals surface area contributed by atoms with Crippen molar-refractivity contribution in [2.24, 2.45) is 0 Å². The molecule has 21 heavy (non-hydrogen) atoms. The standard InChI is InChI=1S/C17H17ClO3/c1-3-12-5-4-6-14(9-12)21-11-16(19)13-7-8-17(20-2)15(18)10-13/h4-10H,3,11H2,1-2H3. The van der Waals surface area contributed by atoms with Crippen LogP contribution in [-0.4, -0.2) is 19.5 Å². The summed E-state index contributed by atoms with van der Waals surface area (Å²) in [6.07, 6.45) is 0.930. The van der Waals surface area contributed by atoms with E-state index in [0.717, 1.165) is 6.42 Å². The van der Waals surface area contributed by atoms with Crippen molar-refractivity contribution in [3.05, 3.63) is 58.6 Å². The van der Waals surface area contributed by atoms with Gasteiger partial charge in [0, 0.05) is 5.56 Å². The molecule has 0 spiro atoms. The Balaban J connectivity index is 2.02. The highest BCUT2D eigenvalue weighted by atomic mass is 35.5. The van der Waals surface area contributed by atoms with Crippen molar-refractivity contribution in [1.29, 1.82) is 0 Å². The summed E-state index contributed by atoms with van der Waals surface area (Å²) in [5.41, 5.74) is 1.68. The van der Waals surface area contributed by atoms with E-state index in [2.05, 4.69) is 6.92 Å². The Labute approximate surface area is 129 Å². The van der Waals surface area contributed by atoms with Crippen LogP contribution in [-0.2, 0) is 6.42 Å². The van der Waals surface area contributed by atoms with E-state index >= 15 is 0 Å². The van der Waals surface area contributed by atoms with Crippen LogP contribution in [0.25, 0.3) is 0 Å². The normalized spacial score (nSPS) is 10.2. The molecule has 0 saturated heterocycles. The molecule has 2 aromatic carbocycles. The first-order chi connectivity index (χ1) is 10.1. The highest BCUT2D eigenvalue weighted by Gasteiger charge is 2.10. The van der Waals surface area contributed by atoms with E-state index in [-0.39, 0.29) is 12.4 Å². The summed E-state index contributed by atoms with van der Waals surface area (Å²) in [4.78, 5) is 12.1. The van der Waals surface area contributed by atoms with E-state index in [0.29, 0.717) is 22.1 Å². The van der Waals surface area contributed by atoms with Gasteiger partial charge in [-0.25, -0.2) is 0 Å². The molecule has 2 aromatic rings. The van der Waals surface area contributed by atoms with E-state index in [1.807, 2.05) is 24.3 Å². The quantitative estimate of drug-likeness (QED) is 0.751. The van der Waals surface area contributed by atoms with E-state index in [4.69, 9.17) is 21.1 Å². The van der Waals surface area contributed by atoms with Crippen molar-refractivity contribution in [3.63, 3.8) is 0 Å². The molecule has 0 aliphatic carbocycles. The van der Waals surface area contributed by atoms with Gasteiger partial charge in [0.15, 0.2) is 12.4 Å². The van der Waals surface area contributed by atoms with Gasteiger partial charge >= 0.3 is 0 Å². The summed E-state index contributed by atoms with van der Waals surface area (Å²) in [5.74, 6) is 1.12. The fraction of sp³-hybridized carbons (Fsp3) is 0.235. The van der Waals surface area contributed by atoms with Crippen LogP contribution in [0.5, 0.6) is 11.5 Å². The molecule has 0 fully saturated rings. The van der Waals surface area contributed by atoms with Gasteiger partial charge in [-0.3, -0.25) is 4.79 Å². The van der Waals surface area contributed by atoms with Gasteiger partial charge in [0.05, 0.1) is 12.1 Å². The van der Waals surface area contributed by atoms with E-state index < -0.39 is 0 Å². The Hall–Kier alpha value is -2.00. The zero-order chi connectivity index (χ0) is 15.2. The van der Waals surface area contributed by atoms with Gasteiger partial charge in [-0.15, -0.1) is 0 Å². The number of aryl methyl sites for hydroxylation is 1. The number of methoxy groups -OCH3 is 1. The van der Waals surface area contributed by atoms with Crippen molar-refractivity contribution in [1.82, 2.24) is 0 Å². The molecule has 0 atom stereocenters. The Kier molecular flexibility index (Phi) is 5.23. The number of ketones is 1. The Morgan fingerprint density at radius 1 is 1.19 bits per heavy atom. The smallest absolute Gasteiger partial charge is 0.200 e. The molecule has 0 saturated carbocycles. The molecular weight excluding hydrogens is 288 g/mol. The van der Waals surface area contributed by atoms with Gasteiger partial charge in [-0.1, -0.05) is 30.7 Å². The summed E-state index contributed by atoms with van der Waals surface area (Å²) in [7, 11) is 1.53. The second-order valence-corrected chi connectivity index (χ2v) is 4.97. The minimum atomic E-state index is -0.124. The lowest BCUT2D eigenvalue weighted by atomic mass is 10.1. The van der Waals surface area contributed by atoms with Crippen LogP contribution in [0, 0.1) is 0 Å². The van der Waals surface area contributed by atoms with Gasteiger partial charge < -0.3 is 9.47 Å². The van der Waals surface area contributed by atoms with Crippen molar-refractivity contribution in [2.45, 2.75) is 13.3 Å². The van der Waals surface area contributed by atoms with Crippen molar-refractivity contribution in [3.8, 4) is 11.5 Å². The largest absolute Gasteiger partial charge is 0.495 e. The van der Waals surface area contributed by atoms with Crippen molar-refractivity contribution < 1.29 is 14.3 Å². The lowest BCUT2D eigenvalue weighted by Gasteiger charge is -2.08. The summed E-state index contributed by atoms with van der Waals surface area (Å²) < 4.78 is 10.6. The first-order valence-corrected chi connectivity index (χ1v) is 7.10. The molecule has 0 unspecified atom stereocenters. The molecule has 3 nitrogen and oxygen atoms in total. The summed E-state index contributed by atoms with van der Waals surface area (Å²) >= 11 is 6.01. The van der Waals surface area contributed by atoms with Crippen molar-refractivity contribution >= 4 is 17.4 Å². The molecule has 0 aliphatic rings. The van der Waals surface area contributed by atoms with Crippen LogP contribution in [0.15, 0.2) is 42.5 Å². The first kappa shape index (κ1) is 15.4. The molecular formula is C17H17ClO3. The van der Waals surface area contributed by atoms with Gasteiger partial charge in [-0.05, 0) is 42.3 Å². The third kappa shape index (κ3) is 3.99. The molecule has 2 rings (SSSR count). The zero-order valence-corrected chi connectivity index (χ0v) is 12.8. The maximum Gasteiger partial charge on any atom is 0.200 e. The van der Waals surface area contributed by atoms with Crippen molar-refractivity contribution in [2.75, 3.05) is 13.7 Å². The number of halogens is 1. The minimum absolute atomic E-state index is 0.0180. The number of carbonyl (C=O) groups is 1. The summed E-state index contributed by atoms with van der Waals surface area (Å²) in [6.45, 7) is 2.06. The monoisotopic (exact) mass is 304 g/mol. The molecule has 0 amide bonds. The second-order valence-electron chi connectivity index (χ2n) is 4.56. The Morgan fingerprint density at radius 3 is 2.67 bits per heavy atom. The molecule has 110 valence electrons. The predicted molar refractivity (Wildman–Crippen MR) is 83.6 cm³/mol. The molecule has 4 heteroatoms. The molecule has 0 N–H and O–H groups in total. The number of carbonyl (C=O) groups excluding carboxylic acids is 1. The number of benzene rings is 2. The molecule has 0 radical (unpaired) electrons. The number of hydrogen-bond donors (Lipinski definition) is 0. The zero-order valence-electron chi connectivity index (χ0n) is 12.1. The summed E-state index contributed by atoms with van der Waals surface area (Å²) in [5, 5.41) is 0.413. The maximum atomic E-state index is 12.1. The Morgan fingerprint density at radius 2 is 2.00 bits per heavy atom. The number of rotatable bonds is 6. The highest BCUT2D eigenvalue weighted by molar-refractivity contribution is 6.32. The van der Waals surface area contributed by atoms with Crippen LogP contribution in [0.1, 0.15) is 22.8 Å². The fourth-order valence-electron chi connectivity index (χ4n) is 1.93. The second kappa shape index (κ2) is 7.14. The van der Waals surface area contributed by atoms with E-state index in [1.165, 1.54) is 12.7 Å². The average Bonchev–Trinajstić information content (AvgIpc) is 2.52. The minimum Gasteiger partial charge on any atom is -0.495 e. The summed E-state index contributed by atoms with van der Waals surface area (Å²) in [6, 6.07) is 12.7. The molecule has 0 aromatic heterocycles. The fourth-order valence-corrected chi connectivity index (χ4v) is 2.18. The SMILES string of the molecule is CCc1cccc(OCC(=O)c2ccc(OC)c(Cl)c2)c1. The van der Waals surface area contributed by atoms with Crippen LogP contribution >= 0.6 is 11.6 Å². The molecule has 0 bridgehead atoms. The average molecular weight is 305 g/mol. The third-order valence-electron chi connectivity index (χ3n) is 3.15. The third-order valence-corrected chi connectivity index (χ3v) is 3.45. The van der Waals surface area contributed by atoms with Gasteiger partial charge in [0.1, 0.15) is 11.5 Å². The first-order valence-electron chi connectivity index (χ1n) is 6.72. The maximum absolute atomic E-state index is 12.1. The molecule has 0 heterocycles. The highest BCUT2D eigenvalue weighted by Crippen LogP contribution is 2.25. The van der Waals surface area contributed by atoms with E-state index in [1.54, 1.807) is 18.2 Å². The predicted octanol–water partition coefficient (Wildman–Crippen LogP) is 4.17. The van der Waals surface area contributed by atoms with E-state index in [9.17, 15) is 4.79 Å². The number of Topliss-reactive ketones (excluding diaryl/α,β-unsaturated/α-hetero) is 1. The number of ether oxygens (including phenoxy) is 2. The van der Waals surface area contributed by atoms with Crippen LogP contribution in [0.4, 0.5) is 0 Å². The van der Waals surface area contributed by atoms with Gasteiger partial charge in [-0.2, -0.15) is 0 Å². The Bertz CT molecular complexity index is 638. The molecule has 0 aliphatic heterocycles. The van der Waals surface area contributed by atoms with Gasteiger partial charge in [0.25, 0.3) is 0 Å².